The van der Waals surface area contributed by atoms with Crippen molar-refractivity contribution >= 4 is 5.91 Å². The molecule has 0 radical (unpaired) electrons. The van der Waals surface area contributed by atoms with Crippen molar-refractivity contribution in [3.63, 3.8) is 0 Å². The fourth-order valence-corrected chi connectivity index (χ4v) is 2.99. The predicted molar refractivity (Wildman–Crippen MR) is 72.0 cm³/mol. The SMILES string of the molecule is CCCN(C(C)=O)C1CCC(CN(C)C)CC1. The lowest BCUT2D eigenvalue weighted by molar-refractivity contribution is -0.132. The summed E-state index contributed by atoms with van der Waals surface area (Å²) in [5.41, 5.74) is 0. The van der Waals surface area contributed by atoms with E-state index < -0.39 is 0 Å². The van der Waals surface area contributed by atoms with Gasteiger partial charge in [0.15, 0.2) is 0 Å². The maximum atomic E-state index is 11.6. The summed E-state index contributed by atoms with van der Waals surface area (Å²) < 4.78 is 0. The van der Waals surface area contributed by atoms with Gasteiger partial charge >= 0.3 is 0 Å². The van der Waals surface area contributed by atoms with Gasteiger partial charge in [-0.3, -0.25) is 4.79 Å². The molecule has 1 fully saturated rings. The van der Waals surface area contributed by atoms with Crippen LogP contribution in [0.25, 0.3) is 0 Å². The van der Waals surface area contributed by atoms with E-state index in [-0.39, 0.29) is 5.91 Å². The first-order valence-corrected chi connectivity index (χ1v) is 6.96. The molecule has 3 heteroatoms. The molecule has 0 heterocycles. The Bertz CT molecular complexity index is 232. The third-order valence-electron chi connectivity index (χ3n) is 3.75. The lowest BCUT2D eigenvalue weighted by atomic mass is 9.85. The highest BCUT2D eigenvalue weighted by Crippen LogP contribution is 2.28. The molecule has 0 atom stereocenters. The molecular formula is C14H28N2O. The fourth-order valence-electron chi connectivity index (χ4n) is 2.99. The summed E-state index contributed by atoms with van der Waals surface area (Å²) in [5.74, 6) is 1.08. The van der Waals surface area contributed by atoms with Crippen molar-refractivity contribution < 1.29 is 4.79 Å². The minimum absolute atomic E-state index is 0.253. The van der Waals surface area contributed by atoms with Crippen LogP contribution in [0, 0.1) is 5.92 Å². The number of rotatable bonds is 5. The van der Waals surface area contributed by atoms with E-state index in [1.54, 1.807) is 6.92 Å². The largest absolute Gasteiger partial charge is 0.340 e. The summed E-state index contributed by atoms with van der Waals surface area (Å²) in [7, 11) is 4.29. The number of amides is 1. The molecule has 17 heavy (non-hydrogen) atoms. The Balaban J connectivity index is 2.41. The molecule has 1 rings (SSSR count). The van der Waals surface area contributed by atoms with Crippen molar-refractivity contribution in [2.24, 2.45) is 5.92 Å². The molecule has 0 aliphatic heterocycles. The average molecular weight is 240 g/mol. The number of nitrogens with zero attached hydrogens (tertiary/aromatic N) is 2. The van der Waals surface area contributed by atoms with Crippen LogP contribution in [0.5, 0.6) is 0 Å². The molecule has 0 unspecified atom stereocenters. The number of carbonyl (C=O) groups is 1. The van der Waals surface area contributed by atoms with Gasteiger partial charge in [0.1, 0.15) is 0 Å². The van der Waals surface area contributed by atoms with E-state index in [1.165, 1.54) is 32.2 Å². The molecule has 1 aliphatic rings. The number of hydrogen-bond donors (Lipinski definition) is 0. The minimum atomic E-state index is 0.253. The quantitative estimate of drug-likeness (QED) is 0.736. The topological polar surface area (TPSA) is 23.6 Å². The monoisotopic (exact) mass is 240 g/mol. The van der Waals surface area contributed by atoms with Crippen molar-refractivity contribution in [3.05, 3.63) is 0 Å². The molecule has 1 aliphatic carbocycles. The third kappa shape index (κ3) is 4.66. The van der Waals surface area contributed by atoms with Gasteiger partial charge in [0.25, 0.3) is 0 Å². The molecule has 0 aromatic heterocycles. The highest BCUT2D eigenvalue weighted by atomic mass is 16.2. The molecule has 0 N–H and O–H groups in total. The Kier molecular flexibility index (Phi) is 5.96. The van der Waals surface area contributed by atoms with E-state index in [9.17, 15) is 4.79 Å². The Morgan fingerprint density at radius 1 is 1.18 bits per heavy atom. The van der Waals surface area contributed by atoms with Gasteiger partial charge in [0.2, 0.25) is 5.91 Å². The van der Waals surface area contributed by atoms with Crippen LogP contribution in [-0.2, 0) is 4.79 Å². The summed E-state index contributed by atoms with van der Waals surface area (Å²) >= 11 is 0. The van der Waals surface area contributed by atoms with Crippen LogP contribution < -0.4 is 0 Å². The van der Waals surface area contributed by atoms with Gasteiger partial charge in [-0.25, -0.2) is 0 Å². The van der Waals surface area contributed by atoms with Crippen LogP contribution in [0.4, 0.5) is 0 Å². The fraction of sp³-hybridized carbons (Fsp3) is 0.929. The Hall–Kier alpha value is -0.570. The van der Waals surface area contributed by atoms with E-state index in [2.05, 4.69) is 30.8 Å². The van der Waals surface area contributed by atoms with Crippen molar-refractivity contribution in [1.29, 1.82) is 0 Å². The Labute approximate surface area is 106 Å². The normalized spacial score (nSPS) is 25.0. The summed E-state index contributed by atoms with van der Waals surface area (Å²) in [6.45, 7) is 5.98. The first-order valence-electron chi connectivity index (χ1n) is 6.96. The molecule has 0 bridgehead atoms. The highest BCUT2D eigenvalue weighted by Gasteiger charge is 2.26. The van der Waals surface area contributed by atoms with Gasteiger partial charge in [-0.05, 0) is 52.1 Å². The maximum absolute atomic E-state index is 11.6. The van der Waals surface area contributed by atoms with Gasteiger partial charge < -0.3 is 9.80 Å². The summed E-state index contributed by atoms with van der Waals surface area (Å²) in [4.78, 5) is 16.0. The molecular weight excluding hydrogens is 212 g/mol. The summed E-state index contributed by atoms with van der Waals surface area (Å²) in [5, 5.41) is 0. The van der Waals surface area contributed by atoms with Crippen LogP contribution in [0.1, 0.15) is 46.0 Å². The summed E-state index contributed by atoms with van der Waals surface area (Å²) in [6.07, 6.45) is 6.00. The van der Waals surface area contributed by atoms with Crippen LogP contribution in [0.2, 0.25) is 0 Å². The standard InChI is InChI=1S/C14H28N2O/c1-5-10-16(12(2)17)14-8-6-13(7-9-14)11-15(3)4/h13-14H,5-11H2,1-4H3. The Morgan fingerprint density at radius 2 is 1.76 bits per heavy atom. The molecule has 1 amide bonds. The number of hydrogen-bond acceptors (Lipinski definition) is 2. The van der Waals surface area contributed by atoms with Crippen molar-refractivity contribution in [1.82, 2.24) is 9.80 Å². The molecule has 0 saturated heterocycles. The van der Waals surface area contributed by atoms with Crippen molar-refractivity contribution in [3.8, 4) is 0 Å². The molecule has 0 aromatic carbocycles. The zero-order valence-corrected chi connectivity index (χ0v) is 11.9. The second kappa shape index (κ2) is 7.00. The zero-order chi connectivity index (χ0) is 12.8. The second-order valence-corrected chi connectivity index (χ2v) is 5.65. The molecule has 100 valence electrons. The molecule has 3 nitrogen and oxygen atoms in total. The van der Waals surface area contributed by atoms with Crippen molar-refractivity contribution in [2.75, 3.05) is 27.2 Å². The van der Waals surface area contributed by atoms with Gasteiger partial charge in [-0.2, -0.15) is 0 Å². The minimum Gasteiger partial charge on any atom is -0.340 e. The maximum Gasteiger partial charge on any atom is 0.219 e. The first-order chi connectivity index (χ1) is 8.04. The van der Waals surface area contributed by atoms with E-state index >= 15 is 0 Å². The molecule has 1 saturated carbocycles. The van der Waals surface area contributed by atoms with Crippen LogP contribution in [0.3, 0.4) is 0 Å². The van der Waals surface area contributed by atoms with E-state index in [0.717, 1.165) is 18.9 Å². The first kappa shape index (κ1) is 14.5. The average Bonchev–Trinajstić information content (AvgIpc) is 2.26. The van der Waals surface area contributed by atoms with Gasteiger partial charge in [0.05, 0.1) is 0 Å². The van der Waals surface area contributed by atoms with Crippen LogP contribution in [-0.4, -0.2) is 48.9 Å². The smallest absolute Gasteiger partial charge is 0.219 e. The van der Waals surface area contributed by atoms with Crippen molar-refractivity contribution in [2.45, 2.75) is 52.0 Å². The van der Waals surface area contributed by atoms with Gasteiger partial charge in [-0.15, -0.1) is 0 Å². The zero-order valence-electron chi connectivity index (χ0n) is 11.9. The second-order valence-electron chi connectivity index (χ2n) is 5.65. The number of carbonyl (C=O) groups excluding carboxylic acids is 1. The van der Waals surface area contributed by atoms with Crippen LogP contribution >= 0.6 is 0 Å². The third-order valence-corrected chi connectivity index (χ3v) is 3.75. The molecule has 0 aromatic rings. The predicted octanol–water partition coefficient (Wildman–Crippen LogP) is 2.37. The van der Waals surface area contributed by atoms with E-state index in [4.69, 9.17) is 0 Å². The highest BCUT2D eigenvalue weighted by molar-refractivity contribution is 5.73. The van der Waals surface area contributed by atoms with E-state index in [0.29, 0.717) is 6.04 Å². The van der Waals surface area contributed by atoms with Crippen LogP contribution in [0.15, 0.2) is 0 Å². The Morgan fingerprint density at radius 3 is 2.18 bits per heavy atom. The van der Waals surface area contributed by atoms with E-state index in [1.807, 2.05) is 0 Å². The molecule has 0 spiro atoms. The van der Waals surface area contributed by atoms with Gasteiger partial charge in [-0.1, -0.05) is 6.92 Å². The lowest BCUT2D eigenvalue weighted by Crippen LogP contribution is -2.42. The lowest BCUT2D eigenvalue weighted by Gasteiger charge is -2.37. The van der Waals surface area contributed by atoms with Gasteiger partial charge in [0, 0.05) is 26.1 Å². The summed E-state index contributed by atoms with van der Waals surface area (Å²) in [6, 6.07) is 0.505.